The van der Waals surface area contributed by atoms with Crippen LogP contribution in [0.3, 0.4) is 0 Å². The lowest BCUT2D eigenvalue weighted by molar-refractivity contribution is -0.126. The smallest absolute Gasteiger partial charge is 0.393 e. The summed E-state index contributed by atoms with van der Waals surface area (Å²) < 4.78 is 49.4. The Morgan fingerprint density at radius 1 is 1.10 bits per heavy atom. The molecule has 0 bridgehead atoms. The first-order chi connectivity index (χ1) is 19.5. The molecule has 3 heterocycles. The maximum atomic E-state index is 13.0. The summed E-state index contributed by atoms with van der Waals surface area (Å²) in [5.74, 6) is 1.21. The molecule has 1 aliphatic rings. The van der Waals surface area contributed by atoms with Crippen LogP contribution in [0.25, 0.3) is 21.5 Å². The molecule has 41 heavy (non-hydrogen) atoms. The molecule has 14 heteroatoms. The number of alkyl halides is 3. The molecule has 2 N–H and O–H groups in total. The van der Waals surface area contributed by atoms with E-state index in [1.54, 1.807) is 25.1 Å². The van der Waals surface area contributed by atoms with E-state index in [4.69, 9.17) is 21.1 Å². The molecule has 0 amide bonds. The molecule has 1 aliphatic carbocycles. The van der Waals surface area contributed by atoms with Crippen LogP contribution in [0.1, 0.15) is 23.3 Å². The van der Waals surface area contributed by atoms with Gasteiger partial charge in [-0.15, -0.1) is 21.5 Å². The van der Waals surface area contributed by atoms with Crippen molar-refractivity contribution in [2.45, 2.75) is 50.2 Å². The minimum atomic E-state index is -4.33. The van der Waals surface area contributed by atoms with Crippen LogP contribution >= 0.6 is 22.9 Å². The first-order valence-electron chi connectivity index (χ1n) is 12.8. The van der Waals surface area contributed by atoms with Crippen molar-refractivity contribution >= 4 is 39.0 Å². The highest BCUT2D eigenvalue weighted by atomic mass is 35.5. The molecule has 4 aromatic rings. The fourth-order valence-corrected chi connectivity index (χ4v) is 6.33. The fourth-order valence-electron chi connectivity index (χ4n) is 5.07. The van der Waals surface area contributed by atoms with Crippen LogP contribution in [0.4, 0.5) is 19.0 Å². The highest BCUT2D eigenvalue weighted by Gasteiger charge is 2.37. The van der Waals surface area contributed by atoms with E-state index < -0.39 is 18.7 Å². The van der Waals surface area contributed by atoms with Crippen molar-refractivity contribution in [3.8, 4) is 22.9 Å². The topological polar surface area (TPSA) is 106 Å². The second kappa shape index (κ2) is 11.9. The molecule has 3 atom stereocenters. The van der Waals surface area contributed by atoms with Gasteiger partial charge in [0.15, 0.2) is 5.75 Å². The lowest BCUT2D eigenvalue weighted by atomic mass is 10.1. The molecule has 218 valence electrons. The van der Waals surface area contributed by atoms with E-state index in [2.05, 4.69) is 25.5 Å². The number of likely N-dealkylation sites (N-methyl/N-ethyl adjacent to an activating group) is 1. The summed E-state index contributed by atoms with van der Waals surface area (Å²) in [5.41, 5.74) is 2.58. The van der Waals surface area contributed by atoms with E-state index in [-0.39, 0.29) is 22.2 Å². The molecule has 0 aliphatic heterocycles. The number of anilines is 1. The maximum absolute atomic E-state index is 13.0. The predicted molar refractivity (Wildman–Crippen MR) is 151 cm³/mol. The molecule has 0 unspecified atom stereocenters. The van der Waals surface area contributed by atoms with Crippen LogP contribution in [0.15, 0.2) is 36.4 Å². The lowest BCUT2D eigenvalue weighted by Crippen LogP contribution is -2.38. The van der Waals surface area contributed by atoms with Gasteiger partial charge in [-0.1, -0.05) is 24.3 Å². The normalized spacial score (nSPS) is 19.1. The highest BCUT2D eigenvalue weighted by molar-refractivity contribution is 7.18. The van der Waals surface area contributed by atoms with Gasteiger partial charge in [0.1, 0.15) is 10.6 Å². The number of ether oxygens (including phenoxy) is 2. The van der Waals surface area contributed by atoms with Crippen molar-refractivity contribution in [1.82, 2.24) is 25.5 Å². The number of nitrogens with zero attached hydrogens (tertiary/aromatic N) is 5. The first kappa shape index (κ1) is 29.2. The van der Waals surface area contributed by atoms with Gasteiger partial charge in [-0.2, -0.15) is 18.2 Å². The third-order valence-electron chi connectivity index (χ3n) is 7.08. The number of hydrogen-bond acceptors (Lipinski definition) is 10. The third-order valence-corrected chi connectivity index (χ3v) is 8.28. The molecule has 0 saturated heterocycles. The van der Waals surface area contributed by atoms with Gasteiger partial charge in [0.25, 0.3) is 5.88 Å². The zero-order valence-corrected chi connectivity index (χ0v) is 24.0. The number of aliphatic hydroxyl groups excluding tert-OH is 1. The quantitative estimate of drug-likeness (QED) is 0.253. The van der Waals surface area contributed by atoms with Crippen molar-refractivity contribution in [2.24, 2.45) is 0 Å². The van der Waals surface area contributed by atoms with Crippen LogP contribution in [-0.4, -0.2) is 70.9 Å². The molecule has 9 nitrogen and oxygen atoms in total. The Labute approximate surface area is 243 Å². The first-order valence-corrected chi connectivity index (χ1v) is 14.0. The number of aromatic nitrogens is 4. The number of benzene rings is 1. The molecule has 3 aromatic heterocycles. The number of thiophene rings is 1. The monoisotopic (exact) mass is 608 g/mol. The summed E-state index contributed by atoms with van der Waals surface area (Å²) >= 11 is 7.07. The Kier molecular flexibility index (Phi) is 8.50. The number of halogens is 4. The number of methoxy groups -OCH3 is 2. The van der Waals surface area contributed by atoms with Crippen molar-refractivity contribution in [2.75, 3.05) is 26.2 Å². The van der Waals surface area contributed by atoms with Crippen LogP contribution in [0.2, 0.25) is 5.28 Å². The van der Waals surface area contributed by atoms with E-state index in [0.717, 1.165) is 22.5 Å². The van der Waals surface area contributed by atoms with Crippen LogP contribution in [0.5, 0.6) is 11.6 Å². The van der Waals surface area contributed by atoms with Crippen molar-refractivity contribution in [3.63, 3.8) is 0 Å². The van der Waals surface area contributed by atoms with Crippen LogP contribution in [0, 0.1) is 0 Å². The molecule has 1 aromatic carbocycles. The van der Waals surface area contributed by atoms with E-state index in [0.29, 0.717) is 52.7 Å². The summed E-state index contributed by atoms with van der Waals surface area (Å²) in [6.45, 7) is 0.584. The highest BCUT2D eigenvalue weighted by Crippen LogP contribution is 2.37. The summed E-state index contributed by atoms with van der Waals surface area (Å²) in [7, 11) is 4.81. The number of rotatable bonds is 9. The molecule has 0 spiro atoms. The molecular weight excluding hydrogens is 581 g/mol. The minimum Gasteiger partial charge on any atom is -0.491 e. The second-order valence-electron chi connectivity index (χ2n) is 9.84. The SMILES string of the molecule is COc1cc(-c2ccc(CN[C@H]3C[C@@H](O)[C@@H](N(C)c4nc(Cl)nc5sc(CC(F)(F)F)cc45)C3)cc2)nnc1OC. The number of aliphatic hydroxyl groups is 1. The van der Waals surface area contributed by atoms with Gasteiger partial charge in [0.2, 0.25) is 5.28 Å². The van der Waals surface area contributed by atoms with E-state index in [1.165, 1.54) is 13.2 Å². The zero-order chi connectivity index (χ0) is 29.3. The number of fused-ring (bicyclic) bond motifs is 1. The van der Waals surface area contributed by atoms with E-state index in [9.17, 15) is 18.3 Å². The Morgan fingerprint density at radius 3 is 2.54 bits per heavy atom. The minimum absolute atomic E-state index is 0.0184. The maximum Gasteiger partial charge on any atom is 0.393 e. The predicted octanol–water partition coefficient (Wildman–Crippen LogP) is 5.04. The standard InChI is InChI=1S/C27H28ClF3N6O3S/c1-37(23-18-10-17(12-27(29,30)31)41-25(18)34-26(28)33-23)20-8-16(9-21(20)38)32-13-14-4-6-15(7-5-14)19-11-22(39-2)24(40-3)36-35-19/h4-7,10-11,16,20-21,32,38H,8-9,12-13H2,1-3H3/t16-,20+,21-/m1/s1. The molecule has 0 radical (unpaired) electrons. The van der Waals surface area contributed by atoms with Gasteiger partial charge in [-0.05, 0) is 36.1 Å². The van der Waals surface area contributed by atoms with Crippen LogP contribution < -0.4 is 19.7 Å². The largest absolute Gasteiger partial charge is 0.491 e. The Bertz CT molecular complexity index is 1520. The van der Waals surface area contributed by atoms with Gasteiger partial charge < -0.3 is 24.8 Å². The Morgan fingerprint density at radius 2 is 1.85 bits per heavy atom. The van der Waals surface area contributed by atoms with Crippen molar-refractivity contribution in [1.29, 1.82) is 0 Å². The van der Waals surface area contributed by atoms with Crippen molar-refractivity contribution in [3.05, 3.63) is 52.1 Å². The average Bonchev–Trinajstić information content (AvgIpc) is 3.51. The summed E-state index contributed by atoms with van der Waals surface area (Å²) in [5, 5.41) is 23.1. The summed E-state index contributed by atoms with van der Waals surface area (Å²) in [6.07, 6.45) is -4.92. The Balaban J connectivity index is 1.24. The molecular formula is C27H28ClF3N6O3S. The van der Waals surface area contributed by atoms with Gasteiger partial charge in [0.05, 0.1) is 43.9 Å². The summed E-state index contributed by atoms with van der Waals surface area (Å²) in [4.78, 5) is 10.7. The number of nitrogens with one attached hydrogen (secondary N) is 1. The molecule has 5 rings (SSSR count). The van der Waals surface area contributed by atoms with Crippen LogP contribution in [-0.2, 0) is 13.0 Å². The zero-order valence-electron chi connectivity index (χ0n) is 22.4. The third kappa shape index (κ3) is 6.64. The summed E-state index contributed by atoms with van der Waals surface area (Å²) in [6, 6.07) is 10.8. The molecule has 1 fully saturated rings. The molecule has 1 saturated carbocycles. The van der Waals surface area contributed by atoms with Gasteiger partial charge in [-0.25, -0.2) is 4.98 Å². The van der Waals surface area contributed by atoms with E-state index in [1.807, 2.05) is 24.3 Å². The Hall–Kier alpha value is -3.26. The van der Waals surface area contributed by atoms with Gasteiger partial charge >= 0.3 is 6.18 Å². The lowest BCUT2D eigenvalue weighted by Gasteiger charge is -2.28. The number of hydrogen-bond donors (Lipinski definition) is 2. The van der Waals surface area contributed by atoms with Gasteiger partial charge in [-0.3, -0.25) is 0 Å². The fraction of sp³-hybridized carbons (Fsp3) is 0.407. The van der Waals surface area contributed by atoms with Crippen molar-refractivity contribution < 1.29 is 27.8 Å². The van der Waals surface area contributed by atoms with E-state index >= 15 is 0 Å². The van der Waals surface area contributed by atoms with Gasteiger partial charge in [0, 0.05) is 36.1 Å². The average molecular weight is 609 g/mol. The second-order valence-corrected chi connectivity index (χ2v) is 11.3.